The van der Waals surface area contributed by atoms with Crippen LogP contribution in [0.2, 0.25) is 0 Å². The van der Waals surface area contributed by atoms with E-state index in [0.29, 0.717) is 69.9 Å². The fraction of sp³-hybridized carbons (Fsp3) is 0.388. The van der Waals surface area contributed by atoms with Gasteiger partial charge < -0.3 is 18.9 Å². The molecule has 13 rings (SSSR count). The second kappa shape index (κ2) is 14.1. The van der Waals surface area contributed by atoms with Crippen LogP contribution >= 0.6 is 0 Å². The van der Waals surface area contributed by atoms with Gasteiger partial charge in [-0.15, -0.1) is 0 Å². The zero-order chi connectivity index (χ0) is 45.8. The van der Waals surface area contributed by atoms with Crippen LogP contribution in [-0.4, -0.2) is 85.7 Å². The summed E-state index contributed by atoms with van der Waals surface area (Å²) in [5.74, 6) is -0.927. The molecule has 8 aromatic rings. The van der Waals surface area contributed by atoms with E-state index in [1.807, 2.05) is 15.5 Å². The number of aryl methyl sites for hydroxylation is 3. The van der Waals surface area contributed by atoms with Gasteiger partial charge in [-0.1, -0.05) is 18.1 Å². The molecule has 3 aromatic carbocycles. The van der Waals surface area contributed by atoms with Crippen molar-refractivity contribution in [1.82, 2.24) is 48.3 Å². The minimum absolute atomic E-state index is 0.0110. The third kappa shape index (κ3) is 5.81. The van der Waals surface area contributed by atoms with Crippen molar-refractivity contribution in [2.45, 2.75) is 88.4 Å². The molecular weight excluding hydrogens is 863 g/mol. The van der Waals surface area contributed by atoms with E-state index in [9.17, 15) is 9.59 Å². The number of aromatic nitrogens is 9. The molecule has 67 heavy (non-hydrogen) atoms. The van der Waals surface area contributed by atoms with Crippen LogP contribution in [0.25, 0.3) is 39.0 Å². The number of hydrogen-bond donors (Lipinski definition) is 1. The van der Waals surface area contributed by atoms with Gasteiger partial charge in [0.1, 0.15) is 22.9 Å². The molecule has 2 bridgehead atoms. The second-order valence-corrected chi connectivity index (χ2v) is 19.4. The highest BCUT2D eigenvalue weighted by Gasteiger charge is 2.60. The van der Waals surface area contributed by atoms with Gasteiger partial charge in [0.25, 0.3) is 5.91 Å². The van der Waals surface area contributed by atoms with Crippen LogP contribution in [0.3, 0.4) is 0 Å². The normalized spacial score (nSPS) is 23.9. The maximum Gasteiger partial charge on any atom is 0.438 e. The number of fused-ring (bicyclic) bond motifs is 6. The zero-order valence-electron chi connectivity index (χ0n) is 37.3. The summed E-state index contributed by atoms with van der Waals surface area (Å²) in [6, 6.07) is 13.8. The number of amides is 1. The number of benzene rings is 3. The molecule has 342 valence electrons. The van der Waals surface area contributed by atoms with Gasteiger partial charge in [0.2, 0.25) is 0 Å². The third-order valence-electron chi connectivity index (χ3n) is 15.4. The van der Waals surface area contributed by atoms with E-state index < -0.39 is 34.9 Å². The summed E-state index contributed by atoms with van der Waals surface area (Å²) >= 11 is 0. The van der Waals surface area contributed by atoms with E-state index in [2.05, 4.69) is 40.4 Å². The molecule has 1 N–H and O–H groups in total. The molecule has 4 fully saturated rings. The van der Waals surface area contributed by atoms with E-state index in [1.165, 1.54) is 27.1 Å². The van der Waals surface area contributed by atoms with Crippen molar-refractivity contribution >= 4 is 27.7 Å². The number of imidazole rings is 1. The Kier molecular flexibility index (Phi) is 8.47. The molecule has 5 aliphatic rings. The average Bonchev–Trinajstić information content (AvgIpc) is 3.73. The molecule has 3 aliphatic heterocycles. The highest BCUT2D eigenvalue weighted by Crippen LogP contribution is 2.57. The molecule has 8 heterocycles. The Hall–Kier alpha value is -6.92. The lowest BCUT2D eigenvalue weighted by Crippen LogP contribution is -2.55. The lowest BCUT2D eigenvalue weighted by Gasteiger charge is -2.45. The number of ether oxygens (including phenoxy) is 2. The summed E-state index contributed by atoms with van der Waals surface area (Å²) < 4.78 is 56.9. The molecule has 5 aromatic heterocycles. The molecular formula is C49H46F2N10O6. The number of nitrogens with zero attached hydrogens (tertiary/aromatic N) is 9. The van der Waals surface area contributed by atoms with Crippen molar-refractivity contribution < 1.29 is 27.6 Å². The molecule has 16 nitrogen and oxygen atoms in total. The van der Waals surface area contributed by atoms with E-state index in [4.69, 9.17) is 19.1 Å². The Labute approximate surface area is 380 Å². The number of halogens is 2. The van der Waals surface area contributed by atoms with Gasteiger partial charge in [-0.3, -0.25) is 28.1 Å². The van der Waals surface area contributed by atoms with Crippen molar-refractivity contribution in [2.24, 2.45) is 13.0 Å². The lowest BCUT2D eigenvalue weighted by atomic mass is 9.87. The second-order valence-electron chi connectivity index (χ2n) is 19.4. The van der Waals surface area contributed by atoms with Crippen molar-refractivity contribution in [3.05, 3.63) is 139 Å². The first-order chi connectivity index (χ1) is 32.3. The highest BCUT2D eigenvalue weighted by molar-refractivity contribution is 6.00. The summed E-state index contributed by atoms with van der Waals surface area (Å²) in [6.45, 7) is 6.45. The first kappa shape index (κ1) is 40.4. The van der Waals surface area contributed by atoms with Crippen molar-refractivity contribution in [1.29, 1.82) is 0 Å². The summed E-state index contributed by atoms with van der Waals surface area (Å²) in [5.41, 5.74) is 4.08. The standard InChI is InChI=1S/C49H46F2N10O6/c1-25-15-31(16-26(2)41(25)50)61-43(58-13-12-57(47(58)64)37-8-7-36-33(42(37)51)22-52-56(36)4)40-34(54-61)19-32-23-65-24-39(40)59(32)44(62)38-18-30-17-28(29-9-14-66-48(21-29)10-11-48)5-6-35(30)60(38)49(20-27(49)3)45-53-46(63)67-55-45/h5-8,12-13,15-18,22,27,29,32,39H,9-11,14,19-21,23-24H2,1-4H3,(H,53,55,63)/t27-,29-,32-,39-,49-/m0/s1. The largest absolute Gasteiger partial charge is 0.438 e. The molecule has 2 saturated carbocycles. The maximum absolute atomic E-state index is 16.2. The van der Waals surface area contributed by atoms with Crippen LogP contribution in [0.5, 0.6) is 0 Å². The van der Waals surface area contributed by atoms with E-state index >= 15 is 13.6 Å². The predicted molar refractivity (Wildman–Crippen MR) is 239 cm³/mol. The van der Waals surface area contributed by atoms with Gasteiger partial charge in [-0.2, -0.15) is 10.2 Å². The van der Waals surface area contributed by atoms with Crippen LogP contribution in [0.15, 0.2) is 81.2 Å². The molecule has 2 saturated heterocycles. The monoisotopic (exact) mass is 908 g/mol. The number of morpholine rings is 1. The minimum Gasteiger partial charge on any atom is -0.377 e. The van der Waals surface area contributed by atoms with Crippen molar-refractivity contribution in [3.63, 3.8) is 0 Å². The summed E-state index contributed by atoms with van der Waals surface area (Å²) in [6.07, 6.45) is 9.40. The van der Waals surface area contributed by atoms with Crippen LogP contribution in [0.4, 0.5) is 8.78 Å². The Morgan fingerprint density at radius 1 is 0.940 bits per heavy atom. The number of hydrogen-bond acceptors (Lipinski definition) is 9. The van der Waals surface area contributed by atoms with Crippen LogP contribution in [0.1, 0.15) is 95.2 Å². The zero-order valence-corrected chi connectivity index (χ0v) is 37.3. The molecule has 2 aliphatic carbocycles. The molecule has 1 amide bonds. The molecule has 18 heteroatoms. The number of carbonyl (C=O) groups is 1. The summed E-state index contributed by atoms with van der Waals surface area (Å²) in [4.78, 5) is 47.9. The molecule has 0 radical (unpaired) electrons. The fourth-order valence-corrected chi connectivity index (χ4v) is 11.7. The van der Waals surface area contributed by atoms with Gasteiger partial charge in [-0.25, -0.2) is 23.1 Å². The van der Waals surface area contributed by atoms with Gasteiger partial charge in [-0.05, 0) is 117 Å². The minimum atomic E-state index is -0.873. The van der Waals surface area contributed by atoms with Crippen LogP contribution in [0, 0.1) is 31.4 Å². The number of aromatic amines is 1. The first-order valence-corrected chi connectivity index (χ1v) is 22.9. The van der Waals surface area contributed by atoms with Crippen molar-refractivity contribution in [2.75, 3.05) is 19.8 Å². The Bertz CT molecular complexity index is 3510. The van der Waals surface area contributed by atoms with Crippen molar-refractivity contribution in [3.8, 4) is 17.2 Å². The lowest BCUT2D eigenvalue weighted by molar-refractivity contribution is -0.0441. The predicted octanol–water partition coefficient (Wildman–Crippen LogP) is 6.58. The molecule has 1 spiro atoms. The highest BCUT2D eigenvalue weighted by atomic mass is 19.1. The van der Waals surface area contributed by atoms with E-state index in [0.717, 1.165) is 36.6 Å². The average molecular weight is 909 g/mol. The van der Waals surface area contributed by atoms with E-state index in [1.54, 1.807) is 60.7 Å². The molecule has 5 atom stereocenters. The molecule has 0 unspecified atom stereocenters. The van der Waals surface area contributed by atoms with Crippen LogP contribution in [-0.2, 0) is 28.5 Å². The number of carbonyl (C=O) groups excluding carboxylic acids is 1. The topological polar surface area (TPSA) is 165 Å². The van der Waals surface area contributed by atoms with E-state index in [-0.39, 0.29) is 54.0 Å². The number of H-pyrrole nitrogens is 1. The number of nitrogens with one attached hydrogen (secondary N) is 1. The third-order valence-corrected chi connectivity index (χ3v) is 15.4. The summed E-state index contributed by atoms with van der Waals surface area (Å²) in [7, 11) is 1.72. The fourth-order valence-electron chi connectivity index (χ4n) is 11.7. The Morgan fingerprint density at radius 3 is 2.46 bits per heavy atom. The maximum atomic E-state index is 16.2. The smallest absolute Gasteiger partial charge is 0.377 e. The van der Waals surface area contributed by atoms with Gasteiger partial charge in [0.05, 0.1) is 65.1 Å². The number of rotatable bonds is 7. The summed E-state index contributed by atoms with van der Waals surface area (Å²) in [5, 5.41) is 14.7. The Morgan fingerprint density at radius 2 is 1.72 bits per heavy atom. The SMILES string of the molecule is Cc1cc(-n2nc3c(c2-n2ccn(-c4ccc5c(cnn5C)c4F)c2=O)[C@@H]2COC[C@H](C3)N2C(=O)c2cc3cc([C@H]4CCOC5(CC5)C4)ccc3n2[C@@]2(c3noc(=O)[nH]3)C[C@@H]2C)cc(C)c1F. The van der Waals surface area contributed by atoms with Gasteiger partial charge >= 0.3 is 11.4 Å². The van der Waals surface area contributed by atoms with Gasteiger partial charge in [0, 0.05) is 48.9 Å². The van der Waals surface area contributed by atoms with Crippen LogP contribution < -0.4 is 11.4 Å². The Balaban J connectivity index is 0.979. The van der Waals surface area contributed by atoms with Gasteiger partial charge in [0.15, 0.2) is 11.6 Å². The quantitative estimate of drug-likeness (QED) is 0.186. The first-order valence-electron chi connectivity index (χ1n) is 22.9.